The standard InChI is InChI=1S/C9H21N2O4P/c1-3-14-16(13,15-4-2)6-5-9(12)8(11)7-10/h8H,3-7,10-11H2,1-2H3. The molecule has 16 heavy (non-hydrogen) atoms. The van der Waals surface area contributed by atoms with Gasteiger partial charge in [0.05, 0.1) is 25.4 Å². The first-order chi connectivity index (χ1) is 7.49. The Balaban J connectivity index is 4.21. The summed E-state index contributed by atoms with van der Waals surface area (Å²) in [6.07, 6.45) is 0.122. The van der Waals surface area contributed by atoms with E-state index in [1.807, 2.05) is 0 Å². The predicted octanol–water partition coefficient (Wildman–Crippen LogP) is 0.498. The van der Waals surface area contributed by atoms with Crippen LogP contribution in [0.25, 0.3) is 0 Å². The first-order valence-electron chi connectivity index (χ1n) is 5.35. The van der Waals surface area contributed by atoms with E-state index in [4.69, 9.17) is 20.5 Å². The van der Waals surface area contributed by atoms with Crippen molar-refractivity contribution in [2.45, 2.75) is 26.3 Å². The van der Waals surface area contributed by atoms with Crippen molar-refractivity contribution in [1.29, 1.82) is 0 Å². The van der Waals surface area contributed by atoms with Gasteiger partial charge in [-0.15, -0.1) is 0 Å². The fourth-order valence-electron chi connectivity index (χ4n) is 1.12. The smallest absolute Gasteiger partial charge is 0.328 e. The molecule has 6 nitrogen and oxygen atoms in total. The third kappa shape index (κ3) is 5.72. The molecule has 0 aliphatic carbocycles. The minimum atomic E-state index is -3.14. The molecule has 4 N–H and O–H groups in total. The van der Waals surface area contributed by atoms with E-state index in [0.717, 1.165) is 0 Å². The van der Waals surface area contributed by atoms with Gasteiger partial charge < -0.3 is 20.5 Å². The summed E-state index contributed by atoms with van der Waals surface area (Å²) < 4.78 is 22.0. The zero-order valence-corrected chi connectivity index (χ0v) is 10.7. The number of carbonyl (C=O) groups excluding carboxylic acids is 1. The zero-order chi connectivity index (χ0) is 12.6. The van der Waals surface area contributed by atoms with Gasteiger partial charge in [-0.25, -0.2) is 0 Å². The molecule has 0 saturated carbocycles. The Morgan fingerprint density at radius 1 is 1.31 bits per heavy atom. The maximum atomic E-state index is 12.0. The number of hydrogen-bond donors (Lipinski definition) is 2. The van der Waals surface area contributed by atoms with Crippen molar-refractivity contribution in [3.05, 3.63) is 0 Å². The average Bonchev–Trinajstić information content (AvgIpc) is 2.25. The lowest BCUT2D eigenvalue weighted by Crippen LogP contribution is -2.38. The molecule has 0 radical (unpaired) electrons. The van der Waals surface area contributed by atoms with Gasteiger partial charge in [0.2, 0.25) is 0 Å². The average molecular weight is 252 g/mol. The SMILES string of the molecule is CCOP(=O)(CCC(=O)C(N)CN)OCC. The van der Waals surface area contributed by atoms with Gasteiger partial charge in [-0.3, -0.25) is 9.36 Å². The maximum Gasteiger partial charge on any atom is 0.331 e. The molecule has 0 aliphatic heterocycles. The lowest BCUT2D eigenvalue weighted by atomic mass is 10.1. The Bertz CT molecular complexity index is 250. The van der Waals surface area contributed by atoms with Gasteiger partial charge in [-0.1, -0.05) is 0 Å². The Morgan fingerprint density at radius 3 is 2.19 bits per heavy atom. The van der Waals surface area contributed by atoms with Crippen LogP contribution in [-0.2, 0) is 18.4 Å². The quantitative estimate of drug-likeness (QED) is 0.579. The molecule has 1 unspecified atom stereocenters. The summed E-state index contributed by atoms with van der Waals surface area (Å²) >= 11 is 0. The van der Waals surface area contributed by atoms with Crippen LogP contribution >= 0.6 is 7.60 Å². The Hall–Kier alpha value is -0.260. The summed E-state index contributed by atoms with van der Waals surface area (Å²) in [5, 5.41) is 0. The van der Waals surface area contributed by atoms with E-state index >= 15 is 0 Å². The van der Waals surface area contributed by atoms with E-state index in [0.29, 0.717) is 0 Å². The van der Waals surface area contributed by atoms with Gasteiger partial charge in [0, 0.05) is 13.0 Å². The summed E-state index contributed by atoms with van der Waals surface area (Å²) in [6.45, 7) is 4.10. The number of rotatable bonds is 9. The monoisotopic (exact) mass is 252 g/mol. The number of nitrogens with two attached hydrogens (primary N) is 2. The van der Waals surface area contributed by atoms with Crippen molar-refractivity contribution in [3.8, 4) is 0 Å². The first-order valence-corrected chi connectivity index (χ1v) is 7.08. The second-order valence-electron chi connectivity index (χ2n) is 3.23. The van der Waals surface area contributed by atoms with Crippen LogP contribution < -0.4 is 11.5 Å². The fourth-order valence-corrected chi connectivity index (χ4v) is 2.74. The van der Waals surface area contributed by atoms with Gasteiger partial charge >= 0.3 is 7.60 Å². The first kappa shape index (κ1) is 15.7. The van der Waals surface area contributed by atoms with Gasteiger partial charge in [0.15, 0.2) is 5.78 Å². The minimum absolute atomic E-state index is 0.0568. The largest absolute Gasteiger partial charge is 0.331 e. The van der Waals surface area contributed by atoms with Crippen LogP contribution in [0, 0.1) is 0 Å². The van der Waals surface area contributed by atoms with Crippen LogP contribution in [0.3, 0.4) is 0 Å². The van der Waals surface area contributed by atoms with Crippen molar-refractivity contribution in [1.82, 2.24) is 0 Å². The van der Waals surface area contributed by atoms with Crippen LogP contribution in [0.15, 0.2) is 0 Å². The summed E-state index contributed by atoms with van der Waals surface area (Å²) in [6, 6.07) is -0.697. The molecule has 0 amide bonds. The van der Waals surface area contributed by atoms with Gasteiger partial charge in [-0.05, 0) is 13.8 Å². The molecule has 7 heteroatoms. The number of hydrogen-bond acceptors (Lipinski definition) is 6. The Labute approximate surface area is 96.2 Å². The Kier molecular flexibility index (Phi) is 7.80. The lowest BCUT2D eigenvalue weighted by Gasteiger charge is -2.17. The van der Waals surface area contributed by atoms with Crippen LogP contribution in [0.2, 0.25) is 0 Å². The molecule has 0 heterocycles. The minimum Gasteiger partial charge on any atom is -0.328 e. The molecule has 0 aromatic carbocycles. The molecule has 0 aromatic heterocycles. The molecule has 0 aliphatic rings. The number of ketones is 1. The third-order valence-corrected chi connectivity index (χ3v) is 4.03. The van der Waals surface area contributed by atoms with E-state index in [2.05, 4.69) is 0 Å². The number of Topliss-reactive ketones (excluding diaryl/α,β-unsaturated/α-hetero) is 1. The van der Waals surface area contributed by atoms with Crippen molar-refractivity contribution in [3.63, 3.8) is 0 Å². The molecule has 0 bridgehead atoms. The van der Waals surface area contributed by atoms with Crippen molar-refractivity contribution in [2.75, 3.05) is 25.9 Å². The normalized spacial score (nSPS) is 13.8. The highest BCUT2D eigenvalue weighted by molar-refractivity contribution is 7.53. The highest BCUT2D eigenvalue weighted by atomic mass is 31.2. The molecule has 0 spiro atoms. The topological polar surface area (TPSA) is 105 Å². The van der Waals surface area contributed by atoms with Crippen molar-refractivity contribution >= 4 is 13.4 Å². The molecular formula is C9H21N2O4P. The van der Waals surface area contributed by atoms with Crippen molar-refractivity contribution < 1.29 is 18.4 Å². The molecule has 0 saturated heterocycles. The Morgan fingerprint density at radius 2 is 1.81 bits per heavy atom. The van der Waals surface area contributed by atoms with Gasteiger partial charge in [0.25, 0.3) is 0 Å². The second-order valence-corrected chi connectivity index (χ2v) is 5.41. The fraction of sp³-hybridized carbons (Fsp3) is 0.889. The van der Waals surface area contributed by atoms with Crippen molar-refractivity contribution in [2.24, 2.45) is 11.5 Å². The van der Waals surface area contributed by atoms with Crippen LogP contribution in [-0.4, -0.2) is 37.7 Å². The predicted molar refractivity (Wildman–Crippen MR) is 62.4 cm³/mol. The molecule has 0 aromatic rings. The highest BCUT2D eigenvalue weighted by Gasteiger charge is 2.25. The summed E-state index contributed by atoms with van der Waals surface area (Å²) in [7, 11) is -3.14. The number of carbonyl (C=O) groups is 1. The van der Waals surface area contributed by atoms with Gasteiger partial charge in [-0.2, -0.15) is 0 Å². The third-order valence-electron chi connectivity index (χ3n) is 1.95. The molecular weight excluding hydrogens is 231 g/mol. The maximum absolute atomic E-state index is 12.0. The van der Waals surface area contributed by atoms with E-state index in [9.17, 15) is 9.36 Å². The van der Waals surface area contributed by atoms with Crippen LogP contribution in [0.4, 0.5) is 0 Å². The summed E-state index contributed by atoms with van der Waals surface area (Å²) in [5.41, 5.74) is 10.7. The second kappa shape index (κ2) is 7.92. The van der Waals surface area contributed by atoms with E-state index < -0.39 is 13.6 Å². The lowest BCUT2D eigenvalue weighted by molar-refractivity contribution is -0.119. The zero-order valence-electron chi connectivity index (χ0n) is 9.85. The van der Waals surface area contributed by atoms with Crippen LogP contribution in [0.1, 0.15) is 20.3 Å². The van der Waals surface area contributed by atoms with E-state index in [-0.39, 0.29) is 38.1 Å². The molecule has 1 atom stereocenters. The molecule has 96 valence electrons. The molecule has 0 rings (SSSR count). The van der Waals surface area contributed by atoms with E-state index in [1.54, 1.807) is 13.8 Å². The summed E-state index contributed by atoms with van der Waals surface area (Å²) in [5.74, 6) is -0.220. The van der Waals surface area contributed by atoms with Gasteiger partial charge in [0.1, 0.15) is 0 Å². The van der Waals surface area contributed by atoms with Crippen LogP contribution in [0.5, 0.6) is 0 Å². The summed E-state index contributed by atoms with van der Waals surface area (Å²) in [4.78, 5) is 11.4. The van der Waals surface area contributed by atoms with E-state index in [1.165, 1.54) is 0 Å². The molecule has 0 fully saturated rings. The highest BCUT2D eigenvalue weighted by Crippen LogP contribution is 2.48.